The third-order valence-corrected chi connectivity index (χ3v) is 3.46. The molecule has 0 fully saturated rings. The third-order valence-electron chi connectivity index (χ3n) is 3.46. The molecule has 0 N–H and O–H groups in total. The highest BCUT2D eigenvalue weighted by Gasteiger charge is 2.18. The Hall–Kier alpha value is -2.41. The second-order valence-corrected chi connectivity index (χ2v) is 4.61. The summed E-state index contributed by atoms with van der Waals surface area (Å²) in [5.41, 5.74) is 1.73. The van der Waals surface area contributed by atoms with Crippen LogP contribution in [0.5, 0.6) is 5.75 Å². The first kappa shape index (κ1) is 14.0. The summed E-state index contributed by atoms with van der Waals surface area (Å²) in [5.74, 6) is 3.30. The van der Waals surface area contributed by atoms with Crippen LogP contribution in [-0.2, 0) is 11.2 Å². The number of hydrogen-bond acceptors (Lipinski definition) is 3. The van der Waals surface area contributed by atoms with Gasteiger partial charge in [-0.3, -0.25) is 4.79 Å². The van der Waals surface area contributed by atoms with Gasteiger partial charge in [0.1, 0.15) is 0 Å². The summed E-state index contributed by atoms with van der Waals surface area (Å²) < 4.78 is 10.7. The van der Waals surface area contributed by atoms with E-state index in [1.54, 1.807) is 25.3 Å². The largest absolute Gasteiger partial charge is 0.493 e. The summed E-state index contributed by atoms with van der Waals surface area (Å²) in [6.45, 7) is 1.51. The van der Waals surface area contributed by atoms with Crippen LogP contribution in [-0.4, -0.2) is 31.0 Å². The van der Waals surface area contributed by atoms with E-state index < -0.39 is 0 Å². The maximum atomic E-state index is 11.4. The van der Waals surface area contributed by atoms with Gasteiger partial charge in [0.05, 0.1) is 19.4 Å². The zero-order chi connectivity index (χ0) is 14.7. The van der Waals surface area contributed by atoms with Gasteiger partial charge in [0, 0.05) is 25.8 Å². The zero-order valence-corrected chi connectivity index (χ0v) is 11.8. The highest BCUT2D eigenvalue weighted by molar-refractivity contribution is 5.86. The van der Waals surface area contributed by atoms with Gasteiger partial charge in [-0.05, 0) is 17.7 Å². The molecule has 0 radical (unpaired) electrons. The SMILES string of the molecule is C#CC(Cc1ccc(OC)c2occc12)N(C)C(C)=O. The maximum absolute atomic E-state index is 11.4. The van der Waals surface area contributed by atoms with E-state index >= 15 is 0 Å². The highest BCUT2D eigenvalue weighted by Crippen LogP contribution is 2.30. The lowest BCUT2D eigenvalue weighted by Crippen LogP contribution is -2.35. The lowest BCUT2D eigenvalue weighted by Gasteiger charge is -2.23. The number of benzene rings is 1. The Morgan fingerprint density at radius 1 is 1.50 bits per heavy atom. The lowest BCUT2D eigenvalue weighted by molar-refractivity contribution is -0.128. The molecule has 2 aromatic rings. The fourth-order valence-corrected chi connectivity index (χ4v) is 2.17. The van der Waals surface area contributed by atoms with Crippen molar-refractivity contribution in [3.63, 3.8) is 0 Å². The Morgan fingerprint density at radius 3 is 2.85 bits per heavy atom. The van der Waals surface area contributed by atoms with Crippen LogP contribution in [0, 0.1) is 12.3 Å². The van der Waals surface area contributed by atoms with E-state index in [4.69, 9.17) is 15.6 Å². The zero-order valence-electron chi connectivity index (χ0n) is 11.8. The highest BCUT2D eigenvalue weighted by atomic mass is 16.5. The first-order valence-electron chi connectivity index (χ1n) is 6.31. The fraction of sp³-hybridized carbons (Fsp3) is 0.312. The van der Waals surface area contributed by atoms with Crippen LogP contribution in [0.2, 0.25) is 0 Å². The van der Waals surface area contributed by atoms with E-state index in [1.807, 2.05) is 18.2 Å². The van der Waals surface area contributed by atoms with Gasteiger partial charge in [0.25, 0.3) is 0 Å². The van der Waals surface area contributed by atoms with Gasteiger partial charge in [-0.1, -0.05) is 12.0 Å². The van der Waals surface area contributed by atoms with Crippen LogP contribution >= 0.6 is 0 Å². The van der Waals surface area contributed by atoms with Crippen LogP contribution in [0.1, 0.15) is 12.5 Å². The number of carbonyl (C=O) groups excluding carboxylic acids is 1. The summed E-state index contributed by atoms with van der Waals surface area (Å²) in [6.07, 6.45) is 7.74. The molecule has 1 amide bonds. The second-order valence-electron chi connectivity index (χ2n) is 4.61. The van der Waals surface area contributed by atoms with Crippen LogP contribution in [0.25, 0.3) is 11.0 Å². The fourth-order valence-electron chi connectivity index (χ4n) is 2.17. The minimum absolute atomic E-state index is 0.0510. The van der Waals surface area contributed by atoms with E-state index in [-0.39, 0.29) is 11.9 Å². The van der Waals surface area contributed by atoms with E-state index in [9.17, 15) is 4.79 Å². The molecular formula is C16H17NO3. The number of carbonyl (C=O) groups is 1. The van der Waals surface area contributed by atoms with Crippen molar-refractivity contribution in [1.82, 2.24) is 4.90 Å². The minimum Gasteiger partial charge on any atom is -0.493 e. The van der Waals surface area contributed by atoms with Crippen molar-refractivity contribution in [2.75, 3.05) is 14.2 Å². The maximum Gasteiger partial charge on any atom is 0.220 e. The van der Waals surface area contributed by atoms with Crippen molar-refractivity contribution in [1.29, 1.82) is 0 Å². The van der Waals surface area contributed by atoms with Crippen LogP contribution in [0.3, 0.4) is 0 Å². The van der Waals surface area contributed by atoms with Gasteiger partial charge in [0.2, 0.25) is 5.91 Å². The normalized spacial score (nSPS) is 11.9. The molecule has 0 aliphatic carbocycles. The van der Waals surface area contributed by atoms with E-state index in [0.717, 1.165) is 10.9 Å². The molecule has 4 nitrogen and oxygen atoms in total. The van der Waals surface area contributed by atoms with Crippen molar-refractivity contribution >= 4 is 16.9 Å². The number of ether oxygens (including phenoxy) is 1. The molecule has 0 saturated carbocycles. The van der Waals surface area contributed by atoms with Crippen molar-refractivity contribution in [2.24, 2.45) is 0 Å². The molecule has 20 heavy (non-hydrogen) atoms. The van der Waals surface area contributed by atoms with Gasteiger partial charge >= 0.3 is 0 Å². The summed E-state index contributed by atoms with van der Waals surface area (Å²) in [5, 5.41) is 0.960. The van der Waals surface area contributed by atoms with Crippen LogP contribution in [0.15, 0.2) is 28.9 Å². The lowest BCUT2D eigenvalue weighted by atomic mass is 10.0. The monoisotopic (exact) mass is 271 g/mol. The summed E-state index contributed by atoms with van der Waals surface area (Å²) in [6, 6.07) is 5.41. The smallest absolute Gasteiger partial charge is 0.220 e. The number of amides is 1. The molecule has 1 unspecified atom stereocenters. The van der Waals surface area contributed by atoms with Gasteiger partial charge in [-0.15, -0.1) is 6.42 Å². The average Bonchev–Trinajstić information content (AvgIpc) is 2.93. The molecule has 2 rings (SSSR count). The molecule has 4 heteroatoms. The first-order chi connectivity index (χ1) is 9.58. The number of likely N-dealkylation sites (N-methyl/N-ethyl adjacent to an activating group) is 1. The molecule has 1 heterocycles. The van der Waals surface area contributed by atoms with Gasteiger partial charge < -0.3 is 14.1 Å². The summed E-state index contributed by atoms with van der Waals surface area (Å²) in [7, 11) is 3.31. The Labute approximate surface area is 118 Å². The topological polar surface area (TPSA) is 42.7 Å². The van der Waals surface area contributed by atoms with Gasteiger partial charge in [-0.25, -0.2) is 0 Å². The summed E-state index contributed by atoms with van der Waals surface area (Å²) in [4.78, 5) is 13.0. The van der Waals surface area contributed by atoms with E-state index in [0.29, 0.717) is 17.8 Å². The average molecular weight is 271 g/mol. The molecule has 0 aliphatic heterocycles. The number of hydrogen-bond donors (Lipinski definition) is 0. The second kappa shape index (κ2) is 5.70. The molecular weight excluding hydrogens is 254 g/mol. The molecule has 104 valence electrons. The molecule has 0 spiro atoms. The van der Waals surface area contributed by atoms with Crippen molar-refractivity contribution in [2.45, 2.75) is 19.4 Å². The molecule has 1 atom stereocenters. The number of fused-ring (bicyclic) bond motifs is 1. The molecule has 1 aromatic heterocycles. The standard InChI is InChI=1S/C16H17NO3/c1-5-13(17(3)11(2)18)10-12-6-7-15(19-4)16-14(12)8-9-20-16/h1,6-9,13H,10H2,2-4H3. The first-order valence-corrected chi connectivity index (χ1v) is 6.31. The van der Waals surface area contributed by atoms with Crippen molar-refractivity contribution in [3.05, 3.63) is 30.0 Å². The quantitative estimate of drug-likeness (QED) is 0.802. The Kier molecular flexibility index (Phi) is 3.99. The molecule has 0 bridgehead atoms. The predicted octanol–water partition coefficient (Wildman–Crippen LogP) is 2.46. The van der Waals surface area contributed by atoms with Crippen LogP contribution in [0.4, 0.5) is 0 Å². The Morgan fingerprint density at radius 2 is 2.25 bits per heavy atom. The number of rotatable bonds is 4. The Balaban J connectivity index is 2.37. The van der Waals surface area contributed by atoms with Crippen molar-refractivity contribution in [3.8, 4) is 18.1 Å². The van der Waals surface area contributed by atoms with E-state index in [1.165, 1.54) is 6.92 Å². The minimum atomic E-state index is -0.279. The molecule has 0 saturated heterocycles. The number of methoxy groups -OCH3 is 1. The number of terminal acetylenes is 1. The molecule has 0 aliphatic rings. The predicted molar refractivity (Wildman–Crippen MR) is 77.5 cm³/mol. The van der Waals surface area contributed by atoms with E-state index in [2.05, 4.69) is 5.92 Å². The van der Waals surface area contributed by atoms with Gasteiger partial charge in [0.15, 0.2) is 11.3 Å². The van der Waals surface area contributed by atoms with Gasteiger partial charge in [-0.2, -0.15) is 0 Å². The summed E-state index contributed by atoms with van der Waals surface area (Å²) >= 11 is 0. The third kappa shape index (κ3) is 2.48. The number of furan rings is 1. The number of nitrogens with zero attached hydrogens (tertiary/aromatic N) is 1. The van der Waals surface area contributed by atoms with Crippen LogP contribution < -0.4 is 4.74 Å². The molecule has 1 aromatic carbocycles. The Bertz CT molecular complexity index is 666. The van der Waals surface area contributed by atoms with Crippen molar-refractivity contribution < 1.29 is 13.9 Å².